The van der Waals surface area contributed by atoms with Crippen LogP contribution in [0, 0.1) is 0 Å². The molecule has 1 aromatic heterocycles. The number of aliphatic carboxylic acids is 2. The Morgan fingerprint density at radius 1 is 1.22 bits per heavy atom. The summed E-state index contributed by atoms with van der Waals surface area (Å²) in [7, 11) is -3.57. The van der Waals surface area contributed by atoms with Gasteiger partial charge in [0, 0.05) is 24.5 Å². The van der Waals surface area contributed by atoms with Crippen LogP contribution >= 0.6 is 0 Å². The van der Waals surface area contributed by atoms with Crippen molar-refractivity contribution in [2.75, 3.05) is 0 Å². The van der Waals surface area contributed by atoms with Crippen molar-refractivity contribution in [2.45, 2.75) is 4.90 Å². The molecule has 0 aliphatic heterocycles. The third-order valence-electron chi connectivity index (χ3n) is 1.33. The van der Waals surface area contributed by atoms with Gasteiger partial charge in [-0.1, -0.05) is 0 Å². The Morgan fingerprint density at radius 2 is 1.72 bits per heavy atom. The number of hydrogen-bond donors (Lipinski definition) is 3. The van der Waals surface area contributed by atoms with E-state index in [1.54, 1.807) is 0 Å². The van der Waals surface area contributed by atoms with Crippen LogP contribution in [-0.4, -0.2) is 35.6 Å². The highest BCUT2D eigenvalue weighted by molar-refractivity contribution is 7.89. The van der Waals surface area contributed by atoms with Crippen LogP contribution in [0.2, 0.25) is 0 Å². The minimum absolute atomic E-state index is 0.0370. The maximum atomic E-state index is 10.6. The normalized spacial score (nSPS) is 10.5. The summed E-state index contributed by atoms with van der Waals surface area (Å²) in [6.45, 7) is 0. The number of hydrogen-bond acceptors (Lipinski definition) is 5. The lowest BCUT2D eigenvalue weighted by Gasteiger charge is -1.92. The molecule has 0 aromatic carbocycles. The van der Waals surface area contributed by atoms with E-state index in [0.717, 1.165) is 0 Å². The minimum atomic E-state index is -3.57. The molecule has 8 nitrogen and oxygen atoms in total. The fourth-order valence-electron chi connectivity index (χ4n) is 0.658. The Kier molecular flexibility index (Phi) is 6.24. The van der Waals surface area contributed by atoms with Crippen molar-refractivity contribution in [3.63, 3.8) is 0 Å². The van der Waals surface area contributed by atoms with Crippen LogP contribution < -0.4 is 5.14 Å². The Bertz CT molecular complexity index is 521. The fraction of sp³-hybridized carbons (Fsp3) is 0. The molecule has 0 atom stereocenters. The summed E-state index contributed by atoms with van der Waals surface area (Å²) in [5.74, 6) is -2.51. The average Bonchev–Trinajstić information content (AvgIpc) is 2.27. The molecule has 0 fully saturated rings. The average molecular weight is 274 g/mol. The summed E-state index contributed by atoms with van der Waals surface area (Å²) in [5, 5.41) is 20.4. The van der Waals surface area contributed by atoms with E-state index in [9.17, 15) is 18.0 Å². The molecule has 0 aliphatic rings. The first-order valence-electron chi connectivity index (χ1n) is 4.30. The van der Waals surface area contributed by atoms with Gasteiger partial charge >= 0.3 is 11.9 Å². The number of pyridine rings is 1. The van der Waals surface area contributed by atoms with Crippen LogP contribution in [0.25, 0.3) is 0 Å². The van der Waals surface area contributed by atoms with Crippen molar-refractivity contribution in [2.24, 2.45) is 5.14 Å². The van der Waals surface area contributed by atoms with E-state index in [1.165, 1.54) is 24.5 Å². The summed E-state index contributed by atoms with van der Waals surface area (Å²) in [4.78, 5) is 22.7. The van der Waals surface area contributed by atoms with Gasteiger partial charge in [0.15, 0.2) is 0 Å². The van der Waals surface area contributed by atoms with Crippen molar-refractivity contribution >= 4 is 22.0 Å². The quantitative estimate of drug-likeness (QED) is 0.625. The lowest BCUT2D eigenvalue weighted by molar-refractivity contribution is -0.134. The number of carboxylic acids is 2. The van der Waals surface area contributed by atoms with Crippen LogP contribution in [0.1, 0.15) is 0 Å². The second-order valence-electron chi connectivity index (χ2n) is 2.74. The first-order chi connectivity index (χ1) is 8.23. The molecule has 0 aliphatic carbocycles. The van der Waals surface area contributed by atoms with Gasteiger partial charge in [-0.25, -0.2) is 23.1 Å². The monoisotopic (exact) mass is 274 g/mol. The summed E-state index contributed by atoms with van der Waals surface area (Å²) in [5.41, 5.74) is 0. The molecule has 0 radical (unpaired) electrons. The SMILES string of the molecule is NS(=O)(=O)c1cccnc1.O=C(O)C=CC(=O)O. The maximum Gasteiger partial charge on any atom is 0.328 e. The molecule has 0 unspecified atom stereocenters. The van der Waals surface area contributed by atoms with E-state index in [4.69, 9.17) is 15.4 Å². The Labute approximate surface area is 102 Å². The van der Waals surface area contributed by atoms with Gasteiger partial charge in [0.05, 0.1) is 0 Å². The Balaban J connectivity index is 0.000000331. The zero-order valence-corrected chi connectivity index (χ0v) is 9.74. The molecule has 4 N–H and O–H groups in total. The topological polar surface area (TPSA) is 148 Å². The summed E-state index contributed by atoms with van der Waals surface area (Å²) in [6, 6.07) is 2.90. The van der Waals surface area contributed by atoms with Crippen molar-refractivity contribution in [3.8, 4) is 0 Å². The number of carboxylic acid groups (broad SMARTS) is 2. The molecule has 0 spiro atoms. The van der Waals surface area contributed by atoms with E-state index < -0.39 is 22.0 Å². The van der Waals surface area contributed by atoms with Gasteiger partial charge < -0.3 is 10.2 Å². The second kappa shape index (κ2) is 7.14. The summed E-state index contributed by atoms with van der Waals surface area (Å²) >= 11 is 0. The van der Waals surface area contributed by atoms with Gasteiger partial charge in [-0.05, 0) is 12.1 Å². The van der Waals surface area contributed by atoms with Crippen molar-refractivity contribution in [1.82, 2.24) is 4.98 Å². The molecule has 1 rings (SSSR count). The predicted octanol–water partition coefficient (Wildman–Crippen LogP) is -0.559. The third-order valence-corrected chi connectivity index (χ3v) is 2.23. The van der Waals surface area contributed by atoms with Crippen LogP contribution in [-0.2, 0) is 19.6 Å². The number of primary sulfonamides is 1. The highest BCUT2D eigenvalue weighted by Crippen LogP contribution is 2.00. The Morgan fingerprint density at radius 3 is 1.94 bits per heavy atom. The predicted molar refractivity (Wildman–Crippen MR) is 60.0 cm³/mol. The van der Waals surface area contributed by atoms with Crippen molar-refractivity contribution in [1.29, 1.82) is 0 Å². The van der Waals surface area contributed by atoms with E-state index >= 15 is 0 Å². The molecule has 9 heteroatoms. The number of rotatable bonds is 3. The number of carbonyl (C=O) groups is 2. The molecule has 0 bridgehead atoms. The summed E-state index contributed by atoms with van der Waals surface area (Å²) in [6.07, 6.45) is 3.80. The largest absolute Gasteiger partial charge is 0.478 e. The Hall–Kier alpha value is -2.26. The first kappa shape index (κ1) is 15.7. The van der Waals surface area contributed by atoms with Gasteiger partial charge in [-0.15, -0.1) is 0 Å². The summed E-state index contributed by atoms with van der Waals surface area (Å²) < 4.78 is 21.1. The van der Waals surface area contributed by atoms with Crippen LogP contribution in [0.15, 0.2) is 41.6 Å². The minimum Gasteiger partial charge on any atom is -0.478 e. The lowest BCUT2D eigenvalue weighted by atomic mass is 10.5. The van der Waals surface area contributed by atoms with Crippen LogP contribution in [0.3, 0.4) is 0 Å². The molecule has 1 aromatic rings. The van der Waals surface area contributed by atoms with E-state index in [-0.39, 0.29) is 4.90 Å². The number of aromatic nitrogens is 1. The molecule has 1 heterocycles. The molecule has 0 saturated heterocycles. The van der Waals surface area contributed by atoms with Crippen molar-refractivity contribution in [3.05, 3.63) is 36.7 Å². The second-order valence-corrected chi connectivity index (χ2v) is 4.30. The number of sulfonamides is 1. The highest BCUT2D eigenvalue weighted by atomic mass is 32.2. The molecule has 0 amide bonds. The van der Waals surface area contributed by atoms with Gasteiger partial charge in [0.1, 0.15) is 4.90 Å². The van der Waals surface area contributed by atoms with Crippen LogP contribution in [0.4, 0.5) is 0 Å². The standard InChI is InChI=1S/C5H6N2O2S.C4H4O4/c6-10(8,9)5-2-1-3-7-4-5;5-3(6)1-2-4(7)8/h1-4H,(H2,6,8,9);1-2H,(H,5,6)(H,7,8). The van der Waals surface area contributed by atoms with E-state index in [1.807, 2.05) is 0 Å². The lowest BCUT2D eigenvalue weighted by Crippen LogP contribution is -2.11. The van der Waals surface area contributed by atoms with E-state index in [0.29, 0.717) is 12.2 Å². The van der Waals surface area contributed by atoms with Gasteiger partial charge in [-0.2, -0.15) is 0 Å². The van der Waals surface area contributed by atoms with E-state index in [2.05, 4.69) is 4.98 Å². The smallest absolute Gasteiger partial charge is 0.328 e. The fourth-order valence-corrected chi connectivity index (χ4v) is 1.13. The molecular formula is C9H10N2O6S. The molecule has 18 heavy (non-hydrogen) atoms. The van der Waals surface area contributed by atoms with Gasteiger partial charge in [-0.3, -0.25) is 4.98 Å². The molecule has 0 saturated carbocycles. The van der Waals surface area contributed by atoms with Gasteiger partial charge in [0.2, 0.25) is 10.0 Å². The number of nitrogens with two attached hydrogens (primary N) is 1. The van der Waals surface area contributed by atoms with Crippen molar-refractivity contribution < 1.29 is 28.2 Å². The zero-order chi connectivity index (χ0) is 14.2. The first-order valence-corrected chi connectivity index (χ1v) is 5.85. The molecule has 98 valence electrons. The van der Waals surface area contributed by atoms with Crippen LogP contribution in [0.5, 0.6) is 0 Å². The zero-order valence-electron chi connectivity index (χ0n) is 8.92. The molecular weight excluding hydrogens is 264 g/mol. The highest BCUT2D eigenvalue weighted by Gasteiger charge is 2.04. The number of nitrogens with zero attached hydrogens (tertiary/aromatic N) is 1. The maximum absolute atomic E-state index is 10.6. The third kappa shape index (κ3) is 7.96. The van der Waals surface area contributed by atoms with Gasteiger partial charge in [0.25, 0.3) is 0 Å².